The summed E-state index contributed by atoms with van der Waals surface area (Å²) in [5, 5.41) is 0.933. The fourth-order valence-electron chi connectivity index (χ4n) is 2.53. The maximum atomic E-state index is 5.99. The van der Waals surface area contributed by atoms with Crippen molar-refractivity contribution in [1.29, 1.82) is 0 Å². The van der Waals surface area contributed by atoms with Crippen molar-refractivity contribution in [3.63, 3.8) is 0 Å². The van der Waals surface area contributed by atoms with Crippen LogP contribution in [0.25, 0.3) is 33.6 Å². The van der Waals surface area contributed by atoms with Crippen molar-refractivity contribution in [1.82, 2.24) is 9.97 Å². The van der Waals surface area contributed by atoms with E-state index in [0.717, 1.165) is 27.8 Å². The number of benzene rings is 2. The standard InChI is InChI=1S/C18H12N2O/c1-3-7-13(8-4-1)16-15-11-19-12-20-18(15)21-17(16)14-9-5-2-6-10-14/h1-12H. The first-order chi connectivity index (χ1) is 10.4. The predicted octanol–water partition coefficient (Wildman–Crippen LogP) is 4.56. The van der Waals surface area contributed by atoms with Gasteiger partial charge < -0.3 is 4.42 Å². The minimum Gasteiger partial charge on any atom is -0.437 e. The van der Waals surface area contributed by atoms with Crippen LogP contribution in [0, 0.1) is 0 Å². The van der Waals surface area contributed by atoms with Crippen LogP contribution >= 0.6 is 0 Å². The first kappa shape index (κ1) is 11.9. The highest BCUT2D eigenvalue weighted by Gasteiger charge is 2.17. The highest BCUT2D eigenvalue weighted by molar-refractivity contribution is 5.99. The van der Waals surface area contributed by atoms with Crippen molar-refractivity contribution >= 4 is 11.1 Å². The fourth-order valence-corrected chi connectivity index (χ4v) is 2.53. The molecule has 21 heavy (non-hydrogen) atoms. The Morgan fingerprint density at radius 3 is 2.14 bits per heavy atom. The molecule has 0 aliphatic heterocycles. The first-order valence-corrected chi connectivity index (χ1v) is 6.77. The number of rotatable bonds is 2. The molecule has 0 saturated carbocycles. The lowest BCUT2D eigenvalue weighted by Crippen LogP contribution is -1.81. The molecule has 0 unspecified atom stereocenters. The number of furan rings is 1. The molecule has 0 aliphatic rings. The zero-order valence-electron chi connectivity index (χ0n) is 11.2. The van der Waals surface area contributed by atoms with Crippen LogP contribution < -0.4 is 0 Å². The molecule has 4 rings (SSSR count). The second-order valence-corrected chi connectivity index (χ2v) is 4.78. The third-order valence-corrected chi connectivity index (χ3v) is 3.47. The Bertz CT molecular complexity index is 883. The summed E-state index contributed by atoms with van der Waals surface area (Å²) in [4.78, 5) is 8.37. The maximum Gasteiger partial charge on any atom is 0.230 e. The second-order valence-electron chi connectivity index (χ2n) is 4.78. The van der Waals surface area contributed by atoms with Crippen molar-refractivity contribution in [2.75, 3.05) is 0 Å². The topological polar surface area (TPSA) is 38.9 Å². The maximum absolute atomic E-state index is 5.99. The molecule has 0 aliphatic carbocycles. The van der Waals surface area contributed by atoms with Gasteiger partial charge >= 0.3 is 0 Å². The number of hydrogen-bond donors (Lipinski definition) is 0. The Morgan fingerprint density at radius 2 is 1.43 bits per heavy atom. The SMILES string of the molecule is c1ccc(-c2oc3ncncc3c2-c2ccccc2)cc1. The zero-order valence-corrected chi connectivity index (χ0v) is 11.2. The van der Waals surface area contributed by atoms with E-state index in [1.54, 1.807) is 6.20 Å². The molecule has 0 spiro atoms. The molecule has 0 atom stereocenters. The molecule has 0 saturated heterocycles. The Hall–Kier alpha value is -2.94. The van der Waals surface area contributed by atoms with Gasteiger partial charge in [-0.2, -0.15) is 0 Å². The molecular formula is C18H12N2O. The van der Waals surface area contributed by atoms with Gasteiger partial charge in [-0.3, -0.25) is 0 Å². The van der Waals surface area contributed by atoms with Gasteiger partial charge in [-0.25, -0.2) is 9.97 Å². The minimum absolute atomic E-state index is 0.614. The molecule has 0 radical (unpaired) electrons. The molecule has 0 amide bonds. The van der Waals surface area contributed by atoms with Crippen LogP contribution in [0.15, 0.2) is 77.6 Å². The molecule has 2 heterocycles. The summed E-state index contributed by atoms with van der Waals surface area (Å²) in [5.41, 5.74) is 3.79. The third-order valence-electron chi connectivity index (χ3n) is 3.47. The van der Waals surface area contributed by atoms with E-state index < -0.39 is 0 Å². The van der Waals surface area contributed by atoms with Gasteiger partial charge in [0.25, 0.3) is 0 Å². The van der Waals surface area contributed by atoms with Crippen LogP contribution in [0.3, 0.4) is 0 Å². The fraction of sp³-hybridized carbons (Fsp3) is 0. The van der Waals surface area contributed by atoms with E-state index in [1.165, 1.54) is 6.33 Å². The van der Waals surface area contributed by atoms with E-state index in [9.17, 15) is 0 Å². The largest absolute Gasteiger partial charge is 0.437 e. The smallest absolute Gasteiger partial charge is 0.230 e. The van der Waals surface area contributed by atoms with E-state index >= 15 is 0 Å². The summed E-state index contributed by atoms with van der Waals surface area (Å²) in [6.45, 7) is 0. The Labute approximate surface area is 121 Å². The first-order valence-electron chi connectivity index (χ1n) is 6.77. The van der Waals surface area contributed by atoms with Gasteiger partial charge in [0.1, 0.15) is 12.1 Å². The van der Waals surface area contributed by atoms with Gasteiger partial charge in [0.05, 0.1) is 5.39 Å². The molecule has 0 bridgehead atoms. The van der Waals surface area contributed by atoms with Gasteiger partial charge in [0.2, 0.25) is 5.71 Å². The number of fused-ring (bicyclic) bond motifs is 1. The number of aromatic nitrogens is 2. The van der Waals surface area contributed by atoms with Crippen molar-refractivity contribution < 1.29 is 4.42 Å². The van der Waals surface area contributed by atoms with Crippen LogP contribution in [0.4, 0.5) is 0 Å². The Kier molecular flexibility index (Phi) is 2.75. The van der Waals surface area contributed by atoms with Gasteiger partial charge in [0, 0.05) is 17.3 Å². The quantitative estimate of drug-likeness (QED) is 0.537. The average Bonchev–Trinajstić information content (AvgIpc) is 2.96. The molecule has 4 aromatic rings. The van der Waals surface area contributed by atoms with Crippen molar-refractivity contribution in [3.8, 4) is 22.5 Å². The molecule has 3 heteroatoms. The minimum atomic E-state index is 0.614. The lowest BCUT2D eigenvalue weighted by Gasteiger charge is -2.03. The monoisotopic (exact) mass is 272 g/mol. The summed E-state index contributed by atoms with van der Waals surface area (Å²) in [6, 6.07) is 20.3. The summed E-state index contributed by atoms with van der Waals surface area (Å²) < 4.78 is 5.99. The number of hydrogen-bond acceptors (Lipinski definition) is 3. The summed E-state index contributed by atoms with van der Waals surface area (Å²) >= 11 is 0. The van der Waals surface area contributed by atoms with E-state index in [2.05, 4.69) is 22.1 Å². The van der Waals surface area contributed by atoms with Crippen molar-refractivity contribution in [2.24, 2.45) is 0 Å². The van der Waals surface area contributed by atoms with Crippen molar-refractivity contribution in [3.05, 3.63) is 73.2 Å². The van der Waals surface area contributed by atoms with Gasteiger partial charge in [-0.05, 0) is 5.56 Å². The van der Waals surface area contributed by atoms with Crippen LogP contribution in [0.2, 0.25) is 0 Å². The van der Waals surface area contributed by atoms with Crippen molar-refractivity contribution in [2.45, 2.75) is 0 Å². The molecular weight excluding hydrogens is 260 g/mol. The summed E-state index contributed by atoms with van der Waals surface area (Å²) in [6.07, 6.45) is 3.32. The molecule has 2 aromatic heterocycles. The highest BCUT2D eigenvalue weighted by Crippen LogP contribution is 2.39. The van der Waals surface area contributed by atoms with Crippen LogP contribution in [0.5, 0.6) is 0 Å². The van der Waals surface area contributed by atoms with E-state index in [4.69, 9.17) is 4.42 Å². The molecule has 0 fully saturated rings. The third kappa shape index (κ3) is 1.99. The lowest BCUT2D eigenvalue weighted by molar-refractivity contribution is 0.618. The summed E-state index contributed by atoms with van der Waals surface area (Å²) in [7, 11) is 0. The molecule has 2 aromatic carbocycles. The van der Waals surface area contributed by atoms with Gasteiger partial charge in [-0.1, -0.05) is 60.7 Å². The predicted molar refractivity (Wildman–Crippen MR) is 82.7 cm³/mol. The summed E-state index contributed by atoms with van der Waals surface area (Å²) in [5.74, 6) is 0.831. The molecule has 3 nitrogen and oxygen atoms in total. The Balaban J connectivity index is 2.07. The zero-order chi connectivity index (χ0) is 14.1. The molecule has 100 valence electrons. The van der Waals surface area contributed by atoms with E-state index in [0.29, 0.717) is 5.71 Å². The normalized spacial score (nSPS) is 10.9. The second kappa shape index (κ2) is 4.87. The van der Waals surface area contributed by atoms with Crippen LogP contribution in [-0.4, -0.2) is 9.97 Å². The number of nitrogens with zero attached hydrogens (tertiary/aromatic N) is 2. The lowest BCUT2D eigenvalue weighted by atomic mass is 10.00. The van der Waals surface area contributed by atoms with E-state index in [1.807, 2.05) is 48.5 Å². The van der Waals surface area contributed by atoms with E-state index in [-0.39, 0.29) is 0 Å². The van der Waals surface area contributed by atoms with Crippen LogP contribution in [-0.2, 0) is 0 Å². The molecule has 0 N–H and O–H groups in total. The van der Waals surface area contributed by atoms with Gasteiger partial charge in [-0.15, -0.1) is 0 Å². The highest BCUT2D eigenvalue weighted by atomic mass is 16.3. The average molecular weight is 272 g/mol. The van der Waals surface area contributed by atoms with Crippen LogP contribution in [0.1, 0.15) is 0 Å². The Morgan fingerprint density at radius 1 is 0.762 bits per heavy atom. The van der Waals surface area contributed by atoms with Gasteiger partial charge in [0.15, 0.2) is 0 Å².